The Morgan fingerprint density at radius 3 is 1.27 bits per heavy atom. The van der Waals surface area contributed by atoms with Gasteiger partial charge in [-0.05, 0) is 46.5 Å². The van der Waals surface area contributed by atoms with Crippen molar-refractivity contribution in [3.63, 3.8) is 0 Å². The molecule has 0 amide bonds. The fourth-order valence-corrected chi connectivity index (χ4v) is 3.63. The Labute approximate surface area is 177 Å². The van der Waals surface area contributed by atoms with Gasteiger partial charge in [0.1, 0.15) is 11.5 Å². The third-order valence-corrected chi connectivity index (χ3v) is 5.74. The minimum atomic E-state index is -0.285. The lowest BCUT2D eigenvalue weighted by Crippen LogP contribution is -2.23. The zero-order chi connectivity index (χ0) is 21.8. The van der Waals surface area contributed by atoms with Crippen molar-refractivity contribution in [2.45, 2.75) is 38.5 Å². The molecule has 30 heavy (non-hydrogen) atoms. The number of hydrogen-bond acceptors (Lipinski definition) is 4. The van der Waals surface area contributed by atoms with Crippen molar-refractivity contribution in [2.75, 3.05) is 0 Å². The number of hydrogen-bond donors (Lipinski definition) is 0. The highest BCUT2D eigenvalue weighted by molar-refractivity contribution is 5.47. The van der Waals surface area contributed by atoms with E-state index in [-0.39, 0.29) is 10.8 Å². The summed E-state index contributed by atoms with van der Waals surface area (Å²) in [5.74, 6) is 1.07. The fraction of sp³-hybridized carbons (Fsp3) is 0.231. The molecule has 3 aromatic carbocycles. The molecule has 0 bridgehead atoms. The number of benzene rings is 3. The van der Waals surface area contributed by atoms with E-state index >= 15 is 0 Å². The molecule has 0 saturated heterocycles. The smallest absolute Gasteiger partial charge is 0.292 e. The number of nitrogens with zero attached hydrogens (tertiary/aromatic N) is 2. The van der Waals surface area contributed by atoms with Crippen LogP contribution in [0, 0.1) is 23.0 Å². The Hall–Kier alpha value is -3.76. The predicted octanol–water partition coefficient (Wildman–Crippen LogP) is 6.06. The molecule has 0 unspecified atom stereocenters. The largest absolute Gasteiger partial charge is 0.388 e. The number of rotatable bonds is 6. The first-order valence-corrected chi connectivity index (χ1v) is 9.73. The van der Waals surface area contributed by atoms with Gasteiger partial charge in [-0.25, -0.2) is 0 Å². The molecule has 4 heteroatoms. The SMILES string of the molecule is CC(C)(c1cccc(OC#N)c1)c1cccc(C(C)(C)c2cccc(OC#N)c2)c1. The average Bonchev–Trinajstić information content (AvgIpc) is 2.75. The molecule has 0 aliphatic carbocycles. The molecule has 0 fully saturated rings. The lowest BCUT2D eigenvalue weighted by atomic mass is 9.73. The lowest BCUT2D eigenvalue weighted by molar-refractivity contribution is 0.503. The van der Waals surface area contributed by atoms with E-state index in [0.29, 0.717) is 11.5 Å². The van der Waals surface area contributed by atoms with Crippen LogP contribution in [0.1, 0.15) is 49.9 Å². The van der Waals surface area contributed by atoms with E-state index in [1.807, 2.05) is 36.4 Å². The van der Waals surface area contributed by atoms with Crippen LogP contribution in [0.25, 0.3) is 0 Å². The Morgan fingerprint density at radius 1 is 0.567 bits per heavy atom. The van der Waals surface area contributed by atoms with Gasteiger partial charge in [-0.2, -0.15) is 0 Å². The van der Waals surface area contributed by atoms with Gasteiger partial charge in [-0.15, -0.1) is 10.5 Å². The van der Waals surface area contributed by atoms with Gasteiger partial charge < -0.3 is 9.47 Å². The van der Waals surface area contributed by atoms with Crippen molar-refractivity contribution in [1.29, 1.82) is 10.5 Å². The third kappa shape index (κ3) is 4.14. The number of nitriles is 2. The molecule has 0 spiro atoms. The van der Waals surface area contributed by atoms with Gasteiger partial charge in [-0.3, -0.25) is 0 Å². The molecule has 0 saturated carbocycles. The first-order valence-electron chi connectivity index (χ1n) is 9.73. The van der Waals surface area contributed by atoms with Crippen molar-refractivity contribution in [2.24, 2.45) is 0 Å². The van der Waals surface area contributed by atoms with Crippen LogP contribution >= 0.6 is 0 Å². The standard InChI is InChI=1S/C26H24N2O2/c1-25(2,21-10-6-12-23(15-21)29-17-27)19-8-5-9-20(14-19)26(3,4)22-11-7-13-24(16-22)30-18-28/h5-16H,1-4H3. The maximum atomic E-state index is 8.82. The molecule has 3 aromatic rings. The van der Waals surface area contributed by atoms with Gasteiger partial charge in [0.25, 0.3) is 12.5 Å². The summed E-state index contributed by atoms with van der Waals surface area (Å²) in [7, 11) is 0. The van der Waals surface area contributed by atoms with E-state index in [4.69, 9.17) is 20.0 Å². The monoisotopic (exact) mass is 396 g/mol. The summed E-state index contributed by atoms with van der Waals surface area (Å²) < 4.78 is 10.0. The maximum Gasteiger partial charge on any atom is 0.292 e. The van der Waals surface area contributed by atoms with E-state index in [2.05, 4.69) is 52.0 Å². The second kappa shape index (κ2) is 8.31. The lowest BCUT2D eigenvalue weighted by Gasteiger charge is -2.31. The highest BCUT2D eigenvalue weighted by atomic mass is 16.5. The van der Waals surface area contributed by atoms with Crippen molar-refractivity contribution in [3.8, 4) is 24.0 Å². The summed E-state index contributed by atoms with van der Waals surface area (Å²) in [5.41, 5.74) is 3.88. The fourth-order valence-electron chi connectivity index (χ4n) is 3.63. The van der Waals surface area contributed by atoms with Crippen LogP contribution in [0.2, 0.25) is 0 Å². The van der Waals surface area contributed by atoms with Crippen LogP contribution in [0.5, 0.6) is 11.5 Å². The molecular weight excluding hydrogens is 372 g/mol. The molecule has 150 valence electrons. The second-order valence-electron chi connectivity index (χ2n) is 8.27. The zero-order valence-corrected chi connectivity index (χ0v) is 17.6. The molecular formula is C26H24N2O2. The van der Waals surface area contributed by atoms with Crippen LogP contribution in [0.3, 0.4) is 0 Å². The Kier molecular flexibility index (Phi) is 5.81. The highest BCUT2D eigenvalue weighted by Gasteiger charge is 2.28. The van der Waals surface area contributed by atoms with Gasteiger partial charge in [0.05, 0.1) is 0 Å². The molecule has 4 nitrogen and oxygen atoms in total. The molecule has 0 aliphatic rings. The molecule has 0 aromatic heterocycles. The summed E-state index contributed by atoms with van der Waals surface area (Å²) in [6.45, 7) is 8.63. The van der Waals surface area contributed by atoms with Crippen molar-refractivity contribution < 1.29 is 9.47 Å². The van der Waals surface area contributed by atoms with Crippen molar-refractivity contribution in [1.82, 2.24) is 0 Å². The van der Waals surface area contributed by atoms with E-state index < -0.39 is 0 Å². The van der Waals surface area contributed by atoms with Crippen LogP contribution in [-0.2, 0) is 10.8 Å². The van der Waals surface area contributed by atoms with Crippen LogP contribution in [-0.4, -0.2) is 0 Å². The number of ether oxygens (including phenoxy) is 2. The Morgan fingerprint density at radius 2 is 0.900 bits per heavy atom. The highest BCUT2D eigenvalue weighted by Crippen LogP contribution is 2.38. The Balaban J connectivity index is 2.01. The van der Waals surface area contributed by atoms with Gasteiger partial charge in [0, 0.05) is 10.8 Å². The summed E-state index contributed by atoms with van der Waals surface area (Å²) >= 11 is 0. The summed E-state index contributed by atoms with van der Waals surface area (Å²) in [6.07, 6.45) is 3.47. The maximum absolute atomic E-state index is 8.82. The first-order chi connectivity index (χ1) is 14.3. The minimum absolute atomic E-state index is 0.285. The average molecular weight is 396 g/mol. The molecule has 0 atom stereocenters. The van der Waals surface area contributed by atoms with Crippen LogP contribution < -0.4 is 9.47 Å². The van der Waals surface area contributed by atoms with E-state index in [0.717, 1.165) is 22.3 Å². The van der Waals surface area contributed by atoms with E-state index in [1.54, 1.807) is 24.6 Å². The molecule has 0 heterocycles. The summed E-state index contributed by atoms with van der Waals surface area (Å²) in [6, 6.07) is 23.8. The van der Waals surface area contributed by atoms with Gasteiger partial charge >= 0.3 is 0 Å². The van der Waals surface area contributed by atoms with Crippen LogP contribution in [0.4, 0.5) is 0 Å². The normalized spacial score (nSPS) is 11.3. The van der Waals surface area contributed by atoms with Gasteiger partial charge in [-0.1, -0.05) is 76.2 Å². The molecule has 0 N–H and O–H groups in total. The summed E-state index contributed by atoms with van der Waals surface area (Å²) in [4.78, 5) is 0. The van der Waals surface area contributed by atoms with E-state index in [1.165, 1.54) is 0 Å². The van der Waals surface area contributed by atoms with Crippen LogP contribution in [0.15, 0.2) is 72.8 Å². The first kappa shape index (κ1) is 21.0. The third-order valence-electron chi connectivity index (χ3n) is 5.74. The summed E-state index contributed by atoms with van der Waals surface area (Å²) in [5, 5.41) is 17.6. The molecule has 0 radical (unpaired) electrons. The van der Waals surface area contributed by atoms with Crippen molar-refractivity contribution >= 4 is 0 Å². The predicted molar refractivity (Wildman–Crippen MR) is 116 cm³/mol. The quantitative estimate of drug-likeness (QED) is 0.475. The van der Waals surface area contributed by atoms with E-state index in [9.17, 15) is 0 Å². The Bertz CT molecular complexity index is 1050. The van der Waals surface area contributed by atoms with Crippen molar-refractivity contribution in [3.05, 3.63) is 95.1 Å². The topological polar surface area (TPSA) is 66.0 Å². The molecule has 0 aliphatic heterocycles. The molecule has 3 rings (SSSR count). The zero-order valence-electron chi connectivity index (χ0n) is 17.6. The van der Waals surface area contributed by atoms with Gasteiger partial charge in [0.15, 0.2) is 0 Å². The minimum Gasteiger partial charge on any atom is -0.388 e. The second-order valence-corrected chi connectivity index (χ2v) is 8.27. The van der Waals surface area contributed by atoms with Gasteiger partial charge in [0.2, 0.25) is 0 Å².